The second-order valence-corrected chi connectivity index (χ2v) is 6.62. The maximum Gasteiger partial charge on any atom is 0.251 e. The summed E-state index contributed by atoms with van der Waals surface area (Å²) in [5, 5.41) is 5.79. The molecule has 0 heterocycles. The lowest BCUT2D eigenvalue weighted by atomic mass is 10.00. The molecule has 0 aliphatic rings. The first-order valence-corrected chi connectivity index (χ1v) is 8.55. The van der Waals surface area contributed by atoms with Crippen LogP contribution in [0.1, 0.15) is 46.5 Å². The Labute approximate surface area is 149 Å². The van der Waals surface area contributed by atoms with E-state index in [4.69, 9.17) is 0 Å². The van der Waals surface area contributed by atoms with Crippen molar-refractivity contribution in [2.24, 2.45) is 0 Å². The molecule has 25 heavy (non-hydrogen) atoms. The van der Waals surface area contributed by atoms with E-state index < -0.39 is 0 Å². The highest BCUT2D eigenvalue weighted by molar-refractivity contribution is 5.94. The zero-order valence-electron chi connectivity index (χ0n) is 15.3. The maximum atomic E-state index is 12.4. The van der Waals surface area contributed by atoms with Crippen LogP contribution in [0.2, 0.25) is 0 Å². The van der Waals surface area contributed by atoms with Crippen molar-refractivity contribution in [3.8, 4) is 0 Å². The van der Waals surface area contributed by atoms with E-state index in [1.165, 1.54) is 23.6 Å². The number of aryl methyl sites for hydroxylation is 2. The summed E-state index contributed by atoms with van der Waals surface area (Å²) >= 11 is 0. The van der Waals surface area contributed by atoms with Gasteiger partial charge in [-0.3, -0.25) is 9.59 Å². The van der Waals surface area contributed by atoms with Crippen LogP contribution in [-0.4, -0.2) is 17.9 Å². The van der Waals surface area contributed by atoms with Gasteiger partial charge in [-0.15, -0.1) is 0 Å². The van der Waals surface area contributed by atoms with Crippen molar-refractivity contribution in [2.45, 2.75) is 46.7 Å². The molecule has 2 rings (SSSR count). The summed E-state index contributed by atoms with van der Waals surface area (Å²) in [4.78, 5) is 23.3. The molecule has 2 aromatic carbocycles. The molecule has 0 saturated carbocycles. The van der Waals surface area contributed by atoms with E-state index in [2.05, 4.69) is 42.7 Å². The van der Waals surface area contributed by atoms with Crippen LogP contribution in [0.4, 0.5) is 0 Å². The maximum absolute atomic E-state index is 12.4. The number of nitrogens with one attached hydrogen (secondary N) is 2. The molecule has 2 aromatic rings. The summed E-state index contributed by atoms with van der Waals surface area (Å²) < 4.78 is 0. The van der Waals surface area contributed by atoms with Crippen molar-refractivity contribution in [1.29, 1.82) is 0 Å². The van der Waals surface area contributed by atoms with Crippen LogP contribution >= 0.6 is 0 Å². The zero-order valence-corrected chi connectivity index (χ0v) is 15.3. The summed E-state index contributed by atoms with van der Waals surface area (Å²) in [5.41, 5.74) is 5.35. The standard InChI is InChI=1S/C21H26N2O2/c1-14-5-8-20(15(2)11-14)12-16(3)23-21(25)19-9-6-18(7-10-19)13-22-17(4)24/h5-11,16H,12-13H2,1-4H3,(H,22,24)(H,23,25). The van der Waals surface area contributed by atoms with E-state index in [1.54, 1.807) is 12.1 Å². The van der Waals surface area contributed by atoms with Crippen LogP contribution in [-0.2, 0) is 17.8 Å². The lowest BCUT2D eigenvalue weighted by Gasteiger charge is -2.16. The fourth-order valence-corrected chi connectivity index (χ4v) is 2.76. The Kier molecular flexibility index (Phi) is 6.34. The Morgan fingerprint density at radius 3 is 2.32 bits per heavy atom. The van der Waals surface area contributed by atoms with Gasteiger partial charge >= 0.3 is 0 Å². The van der Waals surface area contributed by atoms with E-state index in [0.717, 1.165) is 12.0 Å². The minimum Gasteiger partial charge on any atom is -0.352 e. The monoisotopic (exact) mass is 338 g/mol. The quantitative estimate of drug-likeness (QED) is 0.849. The number of amides is 2. The minimum absolute atomic E-state index is 0.0490. The van der Waals surface area contributed by atoms with Crippen LogP contribution in [0.5, 0.6) is 0 Å². The Balaban J connectivity index is 1.93. The smallest absolute Gasteiger partial charge is 0.251 e. The molecule has 0 aliphatic carbocycles. The number of carbonyl (C=O) groups is 2. The third-order valence-corrected chi connectivity index (χ3v) is 4.16. The fraction of sp³-hybridized carbons (Fsp3) is 0.333. The van der Waals surface area contributed by atoms with E-state index in [0.29, 0.717) is 12.1 Å². The highest BCUT2D eigenvalue weighted by Gasteiger charge is 2.11. The lowest BCUT2D eigenvalue weighted by Crippen LogP contribution is -2.34. The van der Waals surface area contributed by atoms with Gasteiger partial charge in [-0.1, -0.05) is 35.9 Å². The Bertz CT molecular complexity index is 751. The van der Waals surface area contributed by atoms with E-state index in [-0.39, 0.29) is 17.9 Å². The fourth-order valence-electron chi connectivity index (χ4n) is 2.76. The molecular formula is C21H26N2O2. The van der Waals surface area contributed by atoms with Gasteiger partial charge in [-0.05, 0) is 56.0 Å². The SMILES string of the molecule is CC(=O)NCc1ccc(C(=O)NC(C)Cc2ccc(C)cc2C)cc1. The predicted octanol–water partition coefficient (Wildman–Crippen LogP) is 3.30. The number of benzene rings is 2. The molecule has 2 amide bonds. The molecule has 0 aromatic heterocycles. The molecular weight excluding hydrogens is 312 g/mol. The molecule has 0 saturated heterocycles. The largest absolute Gasteiger partial charge is 0.352 e. The summed E-state index contributed by atoms with van der Waals surface area (Å²) in [7, 11) is 0. The van der Waals surface area contributed by atoms with E-state index in [9.17, 15) is 9.59 Å². The molecule has 1 unspecified atom stereocenters. The van der Waals surface area contributed by atoms with Gasteiger partial charge in [0.25, 0.3) is 5.91 Å². The first-order chi connectivity index (χ1) is 11.8. The third-order valence-electron chi connectivity index (χ3n) is 4.16. The molecule has 0 bridgehead atoms. The van der Waals surface area contributed by atoms with E-state index >= 15 is 0 Å². The van der Waals surface area contributed by atoms with Crippen molar-refractivity contribution < 1.29 is 9.59 Å². The number of hydrogen-bond donors (Lipinski definition) is 2. The Morgan fingerprint density at radius 1 is 1.04 bits per heavy atom. The van der Waals surface area contributed by atoms with Gasteiger partial charge in [0, 0.05) is 25.1 Å². The van der Waals surface area contributed by atoms with Gasteiger partial charge in [0.1, 0.15) is 0 Å². The Hall–Kier alpha value is -2.62. The van der Waals surface area contributed by atoms with Crippen LogP contribution < -0.4 is 10.6 Å². The molecule has 0 radical (unpaired) electrons. The summed E-state index contributed by atoms with van der Waals surface area (Å²) in [6.07, 6.45) is 0.804. The molecule has 4 nitrogen and oxygen atoms in total. The molecule has 0 fully saturated rings. The average molecular weight is 338 g/mol. The van der Waals surface area contributed by atoms with Gasteiger partial charge in [-0.25, -0.2) is 0 Å². The number of rotatable bonds is 6. The molecule has 132 valence electrons. The van der Waals surface area contributed by atoms with Crippen LogP contribution in [0.3, 0.4) is 0 Å². The van der Waals surface area contributed by atoms with Gasteiger partial charge in [0.15, 0.2) is 0 Å². The van der Waals surface area contributed by atoms with Gasteiger partial charge in [0.2, 0.25) is 5.91 Å². The zero-order chi connectivity index (χ0) is 18.4. The minimum atomic E-state index is -0.0802. The van der Waals surface area contributed by atoms with Gasteiger partial charge < -0.3 is 10.6 Å². The summed E-state index contributed by atoms with van der Waals surface area (Å²) in [6.45, 7) is 8.16. The highest BCUT2D eigenvalue weighted by Crippen LogP contribution is 2.13. The second-order valence-electron chi connectivity index (χ2n) is 6.62. The van der Waals surface area contributed by atoms with Gasteiger partial charge in [-0.2, -0.15) is 0 Å². The van der Waals surface area contributed by atoms with Crippen LogP contribution in [0, 0.1) is 13.8 Å². The molecule has 2 N–H and O–H groups in total. The molecule has 0 spiro atoms. The first-order valence-electron chi connectivity index (χ1n) is 8.55. The van der Waals surface area contributed by atoms with Crippen molar-refractivity contribution in [2.75, 3.05) is 0 Å². The Morgan fingerprint density at radius 2 is 1.72 bits per heavy atom. The van der Waals surface area contributed by atoms with E-state index in [1.807, 2.05) is 19.1 Å². The topological polar surface area (TPSA) is 58.2 Å². The molecule has 1 atom stereocenters. The predicted molar refractivity (Wildman–Crippen MR) is 101 cm³/mol. The second kappa shape index (κ2) is 8.47. The third kappa shape index (κ3) is 5.75. The molecule has 0 aliphatic heterocycles. The van der Waals surface area contributed by atoms with Crippen molar-refractivity contribution in [3.63, 3.8) is 0 Å². The number of hydrogen-bond acceptors (Lipinski definition) is 2. The van der Waals surface area contributed by atoms with Gasteiger partial charge in [0.05, 0.1) is 0 Å². The van der Waals surface area contributed by atoms with Crippen LogP contribution in [0.15, 0.2) is 42.5 Å². The van der Waals surface area contributed by atoms with Crippen molar-refractivity contribution in [3.05, 3.63) is 70.3 Å². The molecule has 4 heteroatoms. The summed E-state index contributed by atoms with van der Waals surface area (Å²) in [6, 6.07) is 13.7. The summed E-state index contributed by atoms with van der Waals surface area (Å²) in [5.74, 6) is -0.148. The average Bonchev–Trinajstić information content (AvgIpc) is 2.56. The first kappa shape index (κ1) is 18.7. The number of carbonyl (C=O) groups excluding carboxylic acids is 2. The normalized spacial score (nSPS) is 11.7. The van der Waals surface area contributed by atoms with Crippen molar-refractivity contribution >= 4 is 11.8 Å². The van der Waals surface area contributed by atoms with Crippen LogP contribution in [0.25, 0.3) is 0 Å². The van der Waals surface area contributed by atoms with Crippen molar-refractivity contribution in [1.82, 2.24) is 10.6 Å². The lowest BCUT2D eigenvalue weighted by molar-refractivity contribution is -0.119. The highest BCUT2D eigenvalue weighted by atomic mass is 16.2.